The molecule has 26 heavy (non-hydrogen) atoms. The number of hydrogen-bond acceptors (Lipinski definition) is 8. The number of rotatable bonds is 11. The van der Waals surface area contributed by atoms with E-state index in [1.54, 1.807) is 31.2 Å². The van der Waals surface area contributed by atoms with Gasteiger partial charge in [0.25, 0.3) is 0 Å². The Bertz CT molecular complexity index is 617. The number of carbonyl (C=O) groups excluding carboxylic acids is 2. The minimum Gasteiger partial charge on any atom is -0.465 e. The summed E-state index contributed by atoms with van der Waals surface area (Å²) in [7, 11) is -2.98. The highest BCUT2D eigenvalue weighted by molar-refractivity contribution is 8.68. The van der Waals surface area contributed by atoms with Crippen LogP contribution in [0.25, 0.3) is 0 Å². The van der Waals surface area contributed by atoms with Crippen LogP contribution in [0.2, 0.25) is 0 Å². The summed E-state index contributed by atoms with van der Waals surface area (Å²) in [5.74, 6) is -0.320. The predicted octanol–water partition coefficient (Wildman–Crippen LogP) is 2.93. The molecular formula is C15H22NO7PS2. The Morgan fingerprint density at radius 1 is 1.27 bits per heavy atom. The van der Waals surface area contributed by atoms with Gasteiger partial charge in [-0.15, -0.1) is 11.7 Å². The molecule has 1 atom stereocenters. The lowest BCUT2D eigenvalue weighted by molar-refractivity contribution is -0.143. The number of ether oxygens (including phenoxy) is 2. The maximum atomic E-state index is 12.3. The van der Waals surface area contributed by atoms with Crippen LogP contribution in [0.15, 0.2) is 30.3 Å². The van der Waals surface area contributed by atoms with Crippen LogP contribution in [0, 0.1) is 0 Å². The third-order valence-corrected chi connectivity index (χ3v) is 5.09. The Kier molecular flexibility index (Phi) is 10.8. The van der Waals surface area contributed by atoms with Gasteiger partial charge in [0, 0.05) is 5.75 Å². The summed E-state index contributed by atoms with van der Waals surface area (Å²) in [5.41, 5.74) is 0.742. The first kappa shape index (κ1) is 22.9. The zero-order valence-electron chi connectivity index (χ0n) is 14.3. The maximum Gasteiger partial charge on any atom is 0.411 e. The quantitative estimate of drug-likeness (QED) is 0.184. The average Bonchev–Trinajstić information content (AvgIpc) is 2.60. The third-order valence-electron chi connectivity index (χ3n) is 2.91. The molecular weight excluding hydrogens is 401 g/mol. The molecule has 0 saturated carbocycles. The molecule has 1 N–H and O–H groups in total. The zero-order chi connectivity index (χ0) is 19.4. The monoisotopic (exact) mass is 423 g/mol. The van der Waals surface area contributed by atoms with Gasteiger partial charge >= 0.3 is 19.7 Å². The van der Waals surface area contributed by atoms with Crippen molar-refractivity contribution in [3.63, 3.8) is 0 Å². The molecule has 0 heterocycles. The van der Waals surface area contributed by atoms with Crippen LogP contribution in [-0.4, -0.2) is 53.7 Å². The maximum absolute atomic E-state index is 12.3. The summed E-state index contributed by atoms with van der Waals surface area (Å²) in [6.45, 7) is 1.17. The molecule has 11 heteroatoms. The molecule has 0 radical (unpaired) electrons. The molecule has 0 aliphatic heterocycles. The summed E-state index contributed by atoms with van der Waals surface area (Å²) in [4.78, 5) is 34.6. The lowest BCUT2D eigenvalue weighted by Gasteiger charge is -2.23. The standard InChI is InChI=1S/C15H22NO7PS2/c1-2-21-14(17)10-16(12-24(19,20)23-8-9-26-25)15(18)22-11-13-6-4-3-5-7-13/h3-7,25H,2,8-12H2,1H3,(H,19,20). The smallest absolute Gasteiger partial charge is 0.411 e. The van der Waals surface area contributed by atoms with Crippen LogP contribution >= 0.6 is 30.1 Å². The SMILES string of the molecule is CCOC(=O)CN(CP(=O)(O)OCCSS)C(=O)OCc1ccccc1. The fourth-order valence-corrected chi connectivity index (χ4v) is 3.43. The van der Waals surface area contributed by atoms with E-state index in [0.717, 1.165) is 21.3 Å². The van der Waals surface area contributed by atoms with Crippen molar-refractivity contribution in [2.24, 2.45) is 0 Å². The highest BCUT2D eigenvalue weighted by Gasteiger charge is 2.30. The molecule has 0 aromatic heterocycles. The predicted molar refractivity (Wildman–Crippen MR) is 102 cm³/mol. The number of hydrogen-bond donors (Lipinski definition) is 2. The molecule has 0 bridgehead atoms. The van der Waals surface area contributed by atoms with Crippen molar-refractivity contribution in [1.29, 1.82) is 0 Å². The zero-order valence-corrected chi connectivity index (χ0v) is 16.9. The first-order chi connectivity index (χ1) is 12.4. The van der Waals surface area contributed by atoms with E-state index in [2.05, 4.69) is 11.7 Å². The first-order valence-electron chi connectivity index (χ1n) is 7.72. The van der Waals surface area contributed by atoms with Crippen LogP contribution in [0.4, 0.5) is 4.79 Å². The van der Waals surface area contributed by atoms with Crippen molar-refractivity contribution in [3.05, 3.63) is 35.9 Å². The lowest BCUT2D eigenvalue weighted by atomic mass is 10.2. The van der Waals surface area contributed by atoms with Gasteiger partial charge in [0.05, 0.1) is 13.2 Å². The van der Waals surface area contributed by atoms with Crippen molar-refractivity contribution in [1.82, 2.24) is 4.90 Å². The van der Waals surface area contributed by atoms with E-state index in [9.17, 15) is 19.0 Å². The molecule has 0 spiro atoms. The van der Waals surface area contributed by atoms with Gasteiger partial charge in [-0.05, 0) is 12.5 Å². The molecule has 1 rings (SSSR count). The van der Waals surface area contributed by atoms with Crippen molar-refractivity contribution in [2.45, 2.75) is 13.5 Å². The summed E-state index contributed by atoms with van der Waals surface area (Å²) in [6.07, 6.45) is -1.60. The van der Waals surface area contributed by atoms with Gasteiger partial charge in [0.1, 0.15) is 19.4 Å². The first-order valence-corrected chi connectivity index (χ1v) is 11.5. The van der Waals surface area contributed by atoms with E-state index in [0.29, 0.717) is 5.75 Å². The molecule has 0 fully saturated rings. The van der Waals surface area contributed by atoms with E-state index in [1.165, 1.54) is 0 Å². The number of thiol groups is 1. The van der Waals surface area contributed by atoms with Gasteiger partial charge < -0.3 is 18.9 Å². The van der Waals surface area contributed by atoms with Gasteiger partial charge in [-0.2, -0.15) is 0 Å². The van der Waals surface area contributed by atoms with Crippen LogP contribution in [0.3, 0.4) is 0 Å². The van der Waals surface area contributed by atoms with Crippen LogP contribution in [0.5, 0.6) is 0 Å². The molecule has 0 aliphatic rings. The topological polar surface area (TPSA) is 102 Å². The number of amides is 1. The van der Waals surface area contributed by atoms with Crippen molar-refractivity contribution < 1.29 is 33.0 Å². The third kappa shape index (κ3) is 9.49. The van der Waals surface area contributed by atoms with Gasteiger partial charge in [-0.3, -0.25) is 14.3 Å². The normalized spacial score (nSPS) is 12.9. The van der Waals surface area contributed by atoms with Gasteiger partial charge in [0.2, 0.25) is 0 Å². The molecule has 1 aromatic rings. The van der Waals surface area contributed by atoms with Gasteiger partial charge in [-0.1, -0.05) is 41.1 Å². The van der Waals surface area contributed by atoms with Gasteiger partial charge in [0.15, 0.2) is 0 Å². The molecule has 146 valence electrons. The second kappa shape index (κ2) is 12.2. The second-order valence-corrected chi connectivity index (χ2v) is 8.25. The van der Waals surface area contributed by atoms with Crippen LogP contribution < -0.4 is 0 Å². The minimum atomic E-state index is -4.13. The lowest BCUT2D eigenvalue weighted by Crippen LogP contribution is -2.37. The summed E-state index contributed by atoms with van der Waals surface area (Å²) in [6, 6.07) is 8.92. The molecule has 1 unspecified atom stereocenters. The van der Waals surface area contributed by atoms with Crippen LogP contribution in [-0.2, 0) is 30.0 Å². The molecule has 8 nitrogen and oxygen atoms in total. The fraction of sp³-hybridized carbons (Fsp3) is 0.467. The largest absolute Gasteiger partial charge is 0.465 e. The van der Waals surface area contributed by atoms with E-state index >= 15 is 0 Å². The highest BCUT2D eigenvalue weighted by atomic mass is 33.1. The van der Waals surface area contributed by atoms with E-state index in [-0.39, 0.29) is 19.8 Å². The Balaban J connectivity index is 2.71. The molecule has 1 amide bonds. The Morgan fingerprint density at radius 2 is 1.96 bits per heavy atom. The summed E-state index contributed by atoms with van der Waals surface area (Å²) in [5, 5.41) is 0. The highest BCUT2D eigenvalue weighted by Crippen LogP contribution is 2.42. The Morgan fingerprint density at radius 3 is 2.58 bits per heavy atom. The fourth-order valence-electron chi connectivity index (χ4n) is 1.82. The number of esters is 1. The number of benzene rings is 1. The van der Waals surface area contributed by atoms with Crippen molar-refractivity contribution in [3.8, 4) is 0 Å². The van der Waals surface area contributed by atoms with E-state index in [4.69, 9.17) is 14.0 Å². The van der Waals surface area contributed by atoms with Crippen molar-refractivity contribution in [2.75, 3.05) is 31.8 Å². The van der Waals surface area contributed by atoms with E-state index < -0.39 is 32.5 Å². The second-order valence-electron chi connectivity index (χ2n) is 4.99. The average molecular weight is 423 g/mol. The van der Waals surface area contributed by atoms with Crippen molar-refractivity contribution >= 4 is 42.1 Å². The van der Waals surface area contributed by atoms with Crippen LogP contribution in [0.1, 0.15) is 12.5 Å². The molecule has 0 saturated heterocycles. The molecule has 0 aliphatic carbocycles. The number of nitrogens with zero attached hydrogens (tertiary/aromatic N) is 1. The minimum absolute atomic E-state index is 0.0196. The van der Waals surface area contributed by atoms with E-state index in [1.807, 2.05) is 6.07 Å². The Labute approximate surface area is 161 Å². The number of carbonyl (C=O) groups is 2. The van der Waals surface area contributed by atoms with Gasteiger partial charge in [-0.25, -0.2) is 4.79 Å². The molecule has 1 aromatic carbocycles. The summed E-state index contributed by atoms with van der Waals surface area (Å²) >= 11 is 3.90. The summed E-state index contributed by atoms with van der Waals surface area (Å²) < 4.78 is 26.9. The Hall–Kier alpha value is -1.19.